The minimum absolute atomic E-state index is 0.0166. The molecule has 1 atom stereocenters. The van der Waals surface area contributed by atoms with E-state index < -0.39 is 15.7 Å². The highest BCUT2D eigenvalue weighted by Crippen LogP contribution is 2.32. The molecule has 0 saturated heterocycles. The lowest BCUT2D eigenvalue weighted by molar-refractivity contribution is -0.143. The molecule has 1 aromatic rings. The van der Waals surface area contributed by atoms with Crippen molar-refractivity contribution >= 4 is 15.8 Å². The van der Waals surface area contributed by atoms with Gasteiger partial charge in [-0.1, -0.05) is 0 Å². The summed E-state index contributed by atoms with van der Waals surface area (Å²) in [4.78, 5) is 11.4. The predicted octanol–water partition coefficient (Wildman–Crippen LogP) is 1.59. The van der Waals surface area contributed by atoms with Crippen LogP contribution in [0, 0.1) is 5.82 Å². The van der Waals surface area contributed by atoms with E-state index in [1.165, 1.54) is 12.1 Å². The minimum Gasteiger partial charge on any atom is -0.466 e. The lowest BCUT2D eigenvalue weighted by Gasteiger charge is -2.26. The fourth-order valence-electron chi connectivity index (χ4n) is 2.41. The zero-order valence-electron chi connectivity index (χ0n) is 11.8. The fraction of sp³-hybridized carbons (Fsp3) is 0.500. The van der Waals surface area contributed by atoms with Crippen molar-refractivity contribution in [1.82, 2.24) is 5.32 Å². The zero-order valence-corrected chi connectivity index (χ0v) is 12.6. The Kier molecular flexibility index (Phi) is 4.95. The molecule has 7 heteroatoms. The van der Waals surface area contributed by atoms with Crippen molar-refractivity contribution in [2.24, 2.45) is 0 Å². The third-order valence-electron chi connectivity index (χ3n) is 3.38. The summed E-state index contributed by atoms with van der Waals surface area (Å²) >= 11 is 0. The summed E-state index contributed by atoms with van der Waals surface area (Å²) in [5.41, 5.74) is 0.435. The molecule has 0 bridgehead atoms. The number of esters is 1. The number of nitrogens with one attached hydrogen (secondary N) is 1. The normalized spacial score (nSPS) is 19.8. The predicted molar refractivity (Wildman–Crippen MR) is 75.1 cm³/mol. The van der Waals surface area contributed by atoms with E-state index >= 15 is 0 Å². The van der Waals surface area contributed by atoms with E-state index in [9.17, 15) is 17.6 Å². The van der Waals surface area contributed by atoms with Gasteiger partial charge in [0.2, 0.25) is 0 Å². The first-order valence-electron chi connectivity index (χ1n) is 6.85. The summed E-state index contributed by atoms with van der Waals surface area (Å²) in [5.74, 6) is -0.765. The van der Waals surface area contributed by atoms with E-state index in [2.05, 4.69) is 5.32 Å². The van der Waals surface area contributed by atoms with E-state index in [-0.39, 0.29) is 29.1 Å². The maximum Gasteiger partial charge on any atom is 0.307 e. The van der Waals surface area contributed by atoms with Crippen LogP contribution in [-0.2, 0) is 19.4 Å². The van der Waals surface area contributed by atoms with Gasteiger partial charge in [0, 0.05) is 12.6 Å². The topological polar surface area (TPSA) is 72.5 Å². The van der Waals surface area contributed by atoms with Crippen LogP contribution in [0.4, 0.5) is 4.39 Å². The van der Waals surface area contributed by atoms with Crippen LogP contribution in [0.2, 0.25) is 0 Å². The molecular weight excluding hydrogens is 297 g/mol. The second-order valence-electron chi connectivity index (χ2n) is 4.85. The molecular formula is C14H18FNO4S. The Morgan fingerprint density at radius 3 is 2.95 bits per heavy atom. The molecule has 0 aromatic heterocycles. The Balaban J connectivity index is 2.09. The molecule has 2 rings (SSSR count). The summed E-state index contributed by atoms with van der Waals surface area (Å²) in [5, 5.41) is 3.10. The van der Waals surface area contributed by atoms with Crippen LogP contribution in [0.3, 0.4) is 0 Å². The zero-order chi connectivity index (χ0) is 15.5. The first-order valence-corrected chi connectivity index (χ1v) is 8.50. The molecule has 5 nitrogen and oxygen atoms in total. The molecule has 0 amide bonds. The highest BCUT2D eigenvalue weighted by Gasteiger charge is 2.30. The van der Waals surface area contributed by atoms with Gasteiger partial charge in [0.1, 0.15) is 5.82 Å². The van der Waals surface area contributed by atoms with Crippen LogP contribution >= 0.6 is 0 Å². The molecule has 1 aliphatic heterocycles. The number of benzene rings is 1. The third kappa shape index (κ3) is 3.79. The maximum absolute atomic E-state index is 13.4. The van der Waals surface area contributed by atoms with Gasteiger partial charge in [-0.05, 0) is 37.1 Å². The Hall–Kier alpha value is -1.47. The highest BCUT2D eigenvalue weighted by atomic mass is 32.2. The number of halogens is 1. The van der Waals surface area contributed by atoms with Crippen molar-refractivity contribution in [3.63, 3.8) is 0 Å². The van der Waals surface area contributed by atoms with Gasteiger partial charge in [-0.25, -0.2) is 12.8 Å². The molecule has 0 saturated carbocycles. The average molecular weight is 315 g/mol. The second-order valence-corrected chi connectivity index (χ2v) is 6.93. The minimum atomic E-state index is -3.34. The maximum atomic E-state index is 13.4. The number of carbonyl (C=O) groups excluding carboxylic acids is 1. The first-order chi connectivity index (χ1) is 9.94. The highest BCUT2D eigenvalue weighted by molar-refractivity contribution is 7.91. The van der Waals surface area contributed by atoms with Gasteiger partial charge in [0.05, 0.1) is 23.7 Å². The second kappa shape index (κ2) is 6.53. The van der Waals surface area contributed by atoms with Gasteiger partial charge >= 0.3 is 5.97 Å². The summed E-state index contributed by atoms with van der Waals surface area (Å²) in [6, 6.07) is 3.43. The van der Waals surface area contributed by atoms with Crippen LogP contribution in [0.5, 0.6) is 0 Å². The Labute approximate surface area is 123 Å². The van der Waals surface area contributed by atoms with Crippen LogP contribution in [0.1, 0.15) is 31.4 Å². The molecule has 0 aliphatic carbocycles. The summed E-state index contributed by atoms with van der Waals surface area (Å²) in [7, 11) is -3.34. The summed E-state index contributed by atoms with van der Waals surface area (Å²) < 4.78 is 42.1. The van der Waals surface area contributed by atoms with Crippen molar-refractivity contribution < 1.29 is 22.3 Å². The van der Waals surface area contributed by atoms with Crippen molar-refractivity contribution in [3.05, 3.63) is 29.6 Å². The molecule has 1 heterocycles. The Bertz CT molecular complexity index is 630. The van der Waals surface area contributed by atoms with Crippen molar-refractivity contribution in [2.75, 3.05) is 18.9 Å². The van der Waals surface area contributed by atoms with E-state index in [0.717, 1.165) is 6.07 Å². The monoisotopic (exact) mass is 315 g/mol. The van der Waals surface area contributed by atoms with E-state index in [0.29, 0.717) is 25.1 Å². The molecule has 21 heavy (non-hydrogen) atoms. The van der Waals surface area contributed by atoms with Gasteiger partial charge in [-0.2, -0.15) is 0 Å². The largest absolute Gasteiger partial charge is 0.466 e. The Morgan fingerprint density at radius 2 is 2.24 bits per heavy atom. The van der Waals surface area contributed by atoms with Crippen LogP contribution in [0.15, 0.2) is 23.1 Å². The molecule has 0 fully saturated rings. The molecule has 0 spiro atoms. The van der Waals surface area contributed by atoms with Crippen LogP contribution in [0.25, 0.3) is 0 Å². The van der Waals surface area contributed by atoms with Crippen LogP contribution in [-0.4, -0.2) is 33.3 Å². The molecule has 1 aromatic carbocycles. The van der Waals surface area contributed by atoms with Gasteiger partial charge in [0.15, 0.2) is 9.84 Å². The smallest absolute Gasteiger partial charge is 0.307 e. The number of rotatable bonds is 5. The number of hydrogen-bond acceptors (Lipinski definition) is 5. The van der Waals surface area contributed by atoms with E-state index in [1.807, 2.05) is 0 Å². The SMILES string of the molecule is CCOC(=O)CCNC1CCS(=O)(=O)c2ccc(F)cc21. The van der Waals surface area contributed by atoms with Gasteiger partial charge in [0.25, 0.3) is 0 Å². The Morgan fingerprint density at radius 1 is 1.48 bits per heavy atom. The quantitative estimate of drug-likeness (QED) is 0.660. The lowest BCUT2D eigenvalue weighted by Crippen LogP contribution is -2.31. The lowest BCUT2D eigenvalue weighted by atomic mass is 10.0. The van der Waals surface area contributed by atoms with Gasteiger partial charge < -0.3 is 10.1 Å². The third-order valence-corrected chi connectivity index (χ3v) is 5.20. The summed E-state index contributed by atoms with van der Waals surface area (Å²) in [6.45, 7) is 2.42. The van der Waals surface area contributed by atoms with Crippen molar-refractivity contribution in [2.45, 2.75) is 30.7 Å². The van der Waals surface area contributed by atoms with Crippen LogP contribution < -0.4 is 5.32 Å². The number of hydrogen-bond donors (Lipinski definition) is 1. The van der Waals surface area contributed by atoms with E-state index in [4.69, 9.17) is 4.74 Å². The first kappa shape index (κ1) is 15.9. The molecule has 1 aliphatic rings. The molecule has 116 valence electrons. The average Bonchev–Trinajstić information content (AvgIpc) is 2.41. The number of fused-ring (bicyclic) bond motifs is 1. The number of sulfone groups is 1. The van der Waals surface area contributed by atoms with Crippen molar-refractivity contribution in [1.29, 1.82) is 0 Å². The fourth-order valence-corrected chi connectivity index (χ4v) is 4.01. The van der Waals surface area contributed by atoms with E-state index in [1.54, 1.807) is 6.92 Å². The van der Waals surface area contributed by atoms with Gasteiger partial charge in [-0.3, -0.25) is 4.79 Å². The summed E-state index contributed by atoms with van der Waals surface area (Å²) in [6.07, 6.45) is 0.559. The number of ether oxygens (including phenoxy) is 1. The molecule has 0 radical (unpaired) electrons. The van der Waals surface area contributed by atoms with Gasteiger partial charge in [-0.15, -0.1) is 0 Å². The molecule has 1 N–H and O–H groups in total. The standard InChI is InChI=1S/C14H18FNO4S/c1-2-20-14(17)5-7-16-12-6-8-21(18,19)13-4-3-10(15)9-11(12)13/h3-4,9,12,16H,2,5-8H2,1H3. The van der Waals surface area contributed by atoms with Crippen molar-refractivity contribution in [3.8, 4) is 0 Å². The number of carbonyl (C=O) groups is 1. The molecule has 1 unspecified atom stereocenters.